The molecule has 116 valence electrons. The molecule has 0 aliphatic carbocycles. The molecule has 0 saturated carbocycles. The summed E-state index contributed by atoms with van der Waals surface area (Å²) < 4.78 is 0. The molecule has 1 amide bonds. The highest BCUT2D eigenvalue weighted by molar-refractivity contribution is 5.95. The largest absolute Gasteiger partial charge is 0.398 e. The van der Waals surface area contributed by atoms with Gasteiger partial charge in [0.15, 0.2) is 0 Å². The van der Waals surface area contributed by atoms with E-state index in [9.17, 15) is 4.79 Å². The molecule has 3 atom stereocenters. The SMILES string of the molecule is CCC1CCC(C)N1C(C)C(=O)Nc1cccc(N)c1C. The molecule has 1 aromatic carbocycles. The molecular formula is C17H27N3O. The van der Waals surface area contributed by atoms with Crippen molar-refractivity contribution in [3.05, 3.63) is 23.8 Å². The number of carbonyl (C=O) groups is 1. The van der Waals surface area contributed by atoms with Gasteiger partial charge in [-0.1, -0.05) is 13.0 Å². The lowest BCUT2D eigenvalue weighted by Crippen LogP contribution is -2.47. The van der Waals surface area contributed by atoms with E-state index in [2.05, 4.69) is 24.1 Å². The Bertz CT molecular complexity index is 515. The van der Waals surface area contributed by atoms with E-state index in [1.807, 2.05) is 32.0 Å². The van der Waals surface area contributed by atoms with Gasteiger partial charge in [0.2, 0.25) is 5.91 Å². The van der Waals surface area contributed by atoms with Crippen LogP contribution < -0.4 is 11.1 Å². The fourth-order valence-electron chi connectivity index (χ4n) is 3.37. The third-order valence-corrected chi connectivity index (χ3v) is 4.78. The van der Waals surface area contributed by atoms with Gasteiger partial charge in [0.25, 0.3) is 0 Å². The minimum Gasteiger partial charge on any atom is -0.398 e. The van der Waals surface area contributed by atoms with Gasteiger partial charge in [0, 0.05) is 23.5 Å². The maximum atomic E-state index is 12.6. The molecule has 1 saturated heterocycles. The number of nitrogens with zero attached hydrogens (tertiary/aromatic N) is 1. The van der Waals surface area contributed by atoms with Crippen molar-refractivity contribution >= 4 is 17.3 Å². The predicted octanol–water partition coefficient (Wildman–Crippen LogP) is 3.17. The topological polar surface area (TPSA) is 58.4 Å². The number of nitrogens with two attached hydrogens (primary N) is 1. The Labute approximate surface area is 127 Å². The molecule has 4 heteroatoms. The number of hydrogen-bond donors (Lipinski definition) is 2. The van der Waals surface area contributed by atoms with Crippen LogP contribution in [0.5, 0.6) is 0 Å². The van der Waals surface area contributed by atoms with Crippen molar-refractivity contribution in [3.63, 3.8) is 0 Å². The monoisotopic (exact) mass is 289 g/mol. The molecule has 4 nitrogen and oxygen atoms in total. The van der Waals surface area contributed by atoms with E-state index in [-0.39, 0.29) is 11.9 Å². The second-order valence-electron chi connectivity index (χ2n) is 6.12. The molecule has 0 bridgehead atoms. The van der Waals surface area contributed by atoms with Crippen LogP contribution in [0.1, 0.15) is 45.6 Å². The second-order valence-corrected chi connectivity index (χ2v) is 6.12. The van der Waals surface area contributed by atoms with Crippen LogP contribution in [0.2, 0.25) is 0 Å². The summed E-state index contributed by atoms with van der Waals surface area (Å²) in [4.78, 5) is 14.9. The van der Waals surface area contributed by atoms with E-state index in [0.29, 0.717) is 17.8 Å². The quantitative estimate of drug-likeness (QED) is 0.837. The summed E-state index contributed by atoms with van der Waals surface area (Å²) in [5.41, 5.74) is 8.35. The predicted molar refractivity (Wildman–Crippen MR) is 88.3 cm³/mol. The van der Waals surface area contributed by atoms with Gasteiger partial charge in [0.1, 0.15) is 0 Å². The summed E-state index contributed by atoms with van der Waals surface area (Å²) in [5.74, 6) is 0.0518. The standard InChI is InChI=1S/C17H27N3O/c1-5-14-10-9-11(2)20(14)13(4)17(21)19-16-8-6-7-15(18)12(16)3/h6-8,11,13-14H,5,9-10,18H2,1-4H3,(H,19,21). The van der Waals surface area contributed by atoms with Crippen LogP contribution in [0.15, 0.2) is 18.2 Å². The van der Waals surface area contributed by atoms with Crippen molar-refractivity contribution in [1.82, 2.24) is 4.90 Å². The van der Waals surface area contributed by atoms with Gasteiger partial charge in [-0.3, -0.25) is 9.69 Å². The summed E-state index contributed by atoms with van der Waals surface area (Å²) in [5, 5.41) is 3.03. The van der Waals surface area contributed by atoms with Crippen molar-refractivity contribution in [2.24, 2.45) is 0 Å². The van der Waals surface area contributed by atoms with Crippen molar-refractivity contribution in [2.45, 2.75) is 65.1 Å². The zero-order chi connectivity index (χ0) is 15.6. The number of hydrogen-bond acceptors (Lipinski definition) is 3. The first-order valence-corrected chi connectivity index (χ1v) is 7.89. The minimum atomic E-state index is -0.117. The number of anilines is 2. The molecule has 2 rings (SSSR count). The first-order chi connectivity index (χ1) is 9.95. The van der Waals surface area contributed by atoms with Gasteiger partial charge < -0.3 is 11.1 Å². The van der Waals surface area contributed by atoms with Gasteiger partial charge in [0.05, 0.1) is 6.04 Å². The van der Waals surface area contributed by atoms with Crippen molar-refractivity contribution < 1.29 is 4.79 Å². The maximum Gasteiger partial charge on any atom is 0.241 e. The van der Waals surface area contributed by atoms with Crippen molar-refractivity contribution in [3.8, 4) is 0 Å². The highest BCUT2D eigenvalue weighted by Gasteiger charge is 2.35. The zero-order valence-corrected chi connectivity index (χ0v) is 13.5. The Balaban J connectivity index is 2.11. The van der Waals surface area contributed by atoms with Gasteiger partial charge >= 0.3 is 0 Å². The number of benzene rings is 1. The lowest BCUT2D eigenvalue weighted by atomic mass is 10.1. The average molecular weight is 289 g/mol. The average Bonchev–Trinajstić information content (AvgIpc) is 2.84. The number of amides is 1. The summed E-state index contributed by atoms with van der Waals surface area (Å²) in [6.07, 6.45) is 3.46. The summed E-state index contributed by atoms with van der Waals surface area (Å²) in [6.45, 7) is 8.35. The molecule has 3 N–H and O–H groups in total. The Morgan fingerprint density at radius 3 is 2.86 bits per heavy atom. The molecule has 0 aromatic heterocycles. The molecule has 1 aliphatic rings. The van der Waals surface area contributed by atoms with E-state index >= 15 is 0 Å². The van der Waals surface area contributed by atoms with Crippen LogP contribution >= 0.6 is 0 Å². The van der Waals surface area contributed by atoms with Crippen molar-refractivity contribution in [2.75, 3.05) is 11.1 Å². The Morgan fingerprint density at radius 2 is 2.19 bits per heavy atom. The zero-order valence-electron chi connectivity index (χ0n) is 13.5. The van der Waals surface area contributed by atoms with E-state index in [1.165, 1.54) is 12.8 Å². The number of likely N-dealkylation sites (tertiary alicyclic amines) is 1. The lowest BCUT2D eigenvalue weighted by Gasteiger charge is -2.33. The second kappa shape index (κ2) is 6.48. The Kier molecular flexibility index (Phi) is 4.88. The summed E-state index contributed by atoms with van der Waals surface area (Å²) in [7, 11) is 0. The first-order valence-electron chi connectivity index (χ1n) is 7.89. The minimum absolute atomic E-state index is 0.0518. The van der Waals surface area contributed by atoms with Crippen LogP contribution in [0.4, 0.5) is 11.4 Å². The Morgan fingerprint density at radius 1 is 1.48 bits per heavy atom. The lowest BCUT2D eigenvalue weighted by molar-refractivity contribution is -0.121. The molecule has 1 fully saturated rings. The van der Waals surface area contributed by atoms with E-state index in [1.54, 1.807) is 0 Å². The fourth-order valence-corrected chi connectivity index (χ4v) is 3.37. The number of carbonyl (C=O) groups excluding carboxylic acids is 1. The number of nitrogen functional groups attached to an aromatic ring is 1. The van der Waals surface area contributed by atoms with Crippen LogP contribution in [-0.2, 0) is 4.79 Å². The van der Waals surface area contributed by atoms with E-state index in [0.717, 1.165) is 17.7 Å². The maximum absolute atomic E-state index is 12.6. The van der Waals surface area contributed by atoms with Crippen molar-refractivity contribution in [1.29, 1.82) is 0 Å². The molecule has 21 heavy (non-hydrogen) atoms. The van der Waals surface area contributed by atoms with Crippen LogP contribution in [0, 0.1) is 6.92 Å². The van der Waals surface area contributed by atoms with Gasteiger partial charge in [-0.25, -0.2) is 0 Å². The van der Waals surface area contributed by atoms with Gasteiger partial charge in [-0.15, -0.1) is 0 Å². The highest BCUT2D eigenvalue weighted by Crippen LogP contribution is 2.29. The van der Waals surface area contributed by atoms with Gasteiger partial charge in [-0.2, -0.15) is 0 Å². The van der Waals surface area contributed by atoms with E-state index < -0.39 is 0 Å². The molecular weight excluding hydrogens is 262 g/mol. The fraction of sp³-hybridized carbons (Fsp3) is 0.588. The summed E-state index contributed by atoms with van der Waals surface area (Å²) >= 11 is 0. The molecule has 0 spiro atoms. The normalized spacial score (nSPS) is 24.0. The molecule has 1 aliphatic heterocycles. The van der Waals surface area contributed by atoms with Crippen LogP contribution in [0.25, 0.3) is 0 Å². The van der Waals surface area contributed by atoms with Crippen LogP contribution in [-0.4, -0.2) is 28.9 Å². The first kappa shape index (κ1) is 15.8. The molecule has 3 unspecified atom stereocenters. The number of rotatable bonds is 4. The summed E-state index contributed by atoms with van der Waals surface area (Å²) in [6, 6.07) is 6.50. The van der Waals surface area contributed by atoms with Crippen LogP contribution in [0.3, 0.4) is 0 Å². The van der Waals surface area contributed by atoms with E-state index in [4.69, 9.17) is 5.73 Å². The molecule has 1 aromatic rings. The van der Waals surface area contributed by atoms with Gasteiger partial charge in [-0.05, 0) is 57.7 Å². The Hall–Kier alpha value is -1.55. The molecule has 0 radical (unpaired) electrons. The smallest absolute Gasteiger partial charge is 0.241 e. The third-order valence-electron chi connectivity index (χ3n) is 4.78. The number of nitrogens with one attached hydrogen (secondary N) is 1. The molecule has 1 heterocycles. The highest BCUT2D eigenvalue weighted by atomic mass is 16.2. The third kappa shape index (κ3) is 3.21.